The van der Waals surface area contributed by atoms with Crippen molar-refractivity contribution in [3.63, 3.8) is 0 Å². The first kappa shape index (κ1) is 20.6. The first-order valence-corrected chi connectivity index (χ1v) is 9.03. The summed E-state index contributed by atoms with van der Waals surface area (Å²) < 4.78 is 43.0. The smallest absolute Gasteiger partial charge is 0.257 e. The predicted octanol–water partition coefficient (Wildman–Crippen LogP) is 3.34. The molecule has 0 saturated carbocycles. The molecule has 0 atom stereocenters. The highest BCUT2D eigenvalue weighted by Gasteiger charge is 2.23. The molecule has 148 valence electrons. The van der Waals surface area contributed by atoms with Crippen LogP contribution in [0.5, 0.6) is 0 Å². The van der Waals surface area contributed by atoms with Gasteiger partial charge in [0.25, 0.3) is 12.2 Å². The molecule has 0 fully saturated rings. The van der Waals surface area contributed by atoms with Crippen LogP contribution in [0.1, 0.15) is 19.7 Å². The van der Waals surface area contributed by atoms with Crippen molar-refractivity contribution in [2.45, 2.75) is 27.2 Å². The van der Waals surface area contributed by atoms with Crippen LogP contribution in [0.15, 0.2) is 36.5 Å². The van der Waals surface area contributed by atoms with E-state index in [0.717, 1.165) is 0 Å². The van der Waals surface area contributed by atoms with Crippen molar-refractivity contribution in [2.75, 3.05) is 11.4 Å². The van der Waals surface area contributed by atoms with Gasteiger partial charge >= 0.3 is 0 Å². The van der Waals surface area contributed by atoms with Gasteiger partial charge in [0.1, 0.15) is 25.3 Å². The molecular formula is C19H18BF3N6. The summed E-state index contributed by atoms with van der Waals surface area (Å²) in [7, 11) is 5.70. The van der Waals surface area contributed by atoms with Crippen molar-refractivity contribution in [3.8, 4) is 0 Å². The number of alkyl halides is 2. The van der Waals surface area contributed by atoms with Crippen molar-refractivity contribution >= 4 is 41.6 Å². The van der Waals surface area contributed by atoms with E-state index in [0.29, 0.717) is 17.0 Å². The Hall–Kier alpha value is -3.17. The molecule has 4 rings (SSSR count). The lowest BCUT2D eigenvalue weighted by atomic mass is 10.0. The van der Waals surface area contributed by atoms with E-state index in [1.807, 2.05) is 13.8 Å². The Balaban J connectivity index is 0.00000117. The Bertz CT molecular complexity index is 1150. The highest BCUT2D eigenvalue weighted by molar-refractivity contribution is 6.30. The molecular weight excluding hydrogens is 380 g/mol. The predicted molar refractivity (Wildman–Crippen MR) is 107 cm³/mol. The molecule has 6 nitrogen and oxygen atoms in total. The van der Waals surface area contributed by atoms with E-state index < -0.39 is 18.8 Å². The Labute approximate surface area is 166 Å². The SMILES string of the molecule is CC.[B]c1cc(N(CC(F)F)c2nc3nnc(C)n3c3cccc(F)c23)ccn1. The summed E-state index contributed by atoms with van der Waals surface area (Å²) in [5.41, 5.74) is 0.898. The minimum Gasteiger partial charge on any atom is -0.320 e. The van der Waals surface area contributed by atoms with Crippen molar-refractivity contribution in [1.82, 2.24) is 24.6 Å². The Kier molecular flexibility index (Phi) is 6.00. The lowest BCUT2D eigenvalue weighted by Crippen LogP contribution is -2.27. The number of aromatic nitrogens is 5. The van der Waals surface area contributed by atoms with Gasteiger partial charge in [-0.2, -0.15) is 4.98 Å². The van der Waals surface area contributed by atoms with Crippen molar-refractivity contribution in [2.24, 2.45) is 0 Å². The van der Waals surface area contributed by atoms with E-state index in [1.165, 1.54) is 35.4 Å². The van der Waals surface area contributed by atoms with Gasteiger partial charge in [0, 0.05) is 11.9 Å². The third-order valence-electron chi connectivity index (χ3n) is 4.12. The fraction of sp³-hybridized carbons (Fsp3) is 0.263. The molecule has 0 saturated heterocycles. The largest absolute Gasteiger partial charge is 0.320 e. The molecule has 10 heteroatoms. The topological polar surface area (TPSA) is 59.2 Å². The summed E-state index contributed by atoms with van der Waals surface area (Å²) in [6.07, 6.45) is -1.31. The zero-order valence-electron chi connectivity index (χ0n) is 16.1. The van der Waals surface area contributed by atoms with Gasteiger partial charge in [0.05, 0.1) is 17.4 Å². The van der Waals surface area contributed by atoms with Crippen LogP contribution in [0.4, 0.5) is 24.7 Å². The third kappa shape index (κ3) is 3.87. The van der Waals surface area contributed by atoms with Gasteiger partial charge in [0.2, 0.25) is 0 Å². The Morgan fingerprint density at radius 1 is 1.17 bits per heavy atom. The van der Waals surface area contributed by atoms with Crippen LogP contribution in [0, 0.1) is 12.7 Å². The minimum atomic E-state index is -2.70. The van der Waals surface area contributed by atoms with Crippen LogP contribution in [-0.2, 0) is 0 Å². The van der Waals surface area contributed by atoms with E-state index in [1.54, 1.807) is 17.4 Å². The quantitative estimate of drug-likeness (QED) is 0.494. The molecule has 29 heavy (non-hydrogen) atoms. The molecule has 0 aliphatic rings. The maximum absolute atomic E-state index is 14.8. The zero-order valence-corrected chi connectivity index (χ0v) is 16.1. The second-order valence-corrected chi connectivity index (χ2v) is 5.89. The average molecular weight is 398 g/mol. The van der Waals surface area contributed by atoms with Crippen molar-refractivity contribution < 1.29 is 13.2 Å². The van der Waals surface area contributed by atoms with E-state index in [9.17, 15) is 13.2 Å². The van der Waals surface area contributed by atoms with Crippen LogP contribution >= 0.6 is 0 Å². The monoisotopic (exact) mass is 398 g/mol. The van der Waals surface area contributed by atoms with Gasteiger partial charge < -0.3 is 4.90 Å². The van der Waals surface area contributed by atoms with Crippen LogP contribution in [0.3, 0.4) is 0 Å². The number of halogens is 3. The molecule has 4 aromatic rings. The average Bonchev–Trinajstić information content (AvgIpc) is 3.08. The van der Waals surface area contributed by atoms with Crippen LogP contribution in [0.2, 0.25) is 0 Å². The summed E-state index contributed by atoms with van der Waals surface area (Å²) in [5, 5.41) is 8.00. The Morgan fingerprint density at radius 2 is 1.93 bits per heavy atom. The number of nitrogens with zero attached hydrogens (tertiary/aromatic N) is 6. The van der Waals surface area contributed by atoms with Gasteiger partial charge in [-0.1, -0.05) is 19.9 Å². The van der Waals surface area contributed by atoms with E-state index in [4.69, 9.17) is 7.85 Å². The summed E-state index contributed by atoms with van der Waals surface area (Å²) in [5.74, 6) is 0.107. The van der Waals surface area contributed by atoms with Crippen molar-refractivity contribution in [3.05, 3.63) is 48.2 Å². The van der Waals surface area contributed by atoms with Crippen LogP contribution in [-0.4, -0.2) is 45.4 Å². The number of aryl methyl sites for hydroxylation is 1. The van der Waals surface area contributed by atoms with E-state index >= 15 is 0 Å². The molecule has 0 N–H and O–H groups in total. The molecule has 0 spiro atoms. The van der Waals surface area contributed by atoms with Gasteiger partial charge in [-0.15, -0.1) is 10.2 Å². The molecule has 3 heterocycles. The second kappa shape index (κ2) is 8.46. The van der Waals surface area contributed by atoms with Gasteiger partial charge in [0.15, 0.2) is 0 Å². The number of hydrogen-bond donors (Lipinski definition) is 0. The lowest BCUT2D eigenvalue weighted by molar-refractivity contribution is 0.158. The summed E-state index contributed by atoms with van der Waals surface area (Å²) in [6, 6.07) is 7.37. The summed E-state index contributed by atoms with van der Waals surface area (Å²) >= 11 is 0. The first-order valence-electron chi connectivity index (χ1n) is 9.03. The number of anilines is 2. The molecule has 2 radical (unpaired) electrons. The number of pyridine rings is 1. The van der Waals surface area contributed by atoms with E-state index in [2.05, 4.69) is 20.2 Å². The maximum atomic E-state index is 14.8. The summed E-state index contributed by atoms with van der Waals surface area (Å²) in [6.45, 7) is 5.00. The van der Waals surface area contributed by atoms with Crippen molar-refractivity contribution in [1.29, 1.82) is 0 Å². The van der Waals surface area contributed by atoms with Crippen LogP contribution < -0.4 is 10.5 Å². The molecule has 0 amide bonds. The van der Waals surface area contributed by atoms with E-state index in [-0.39, 0.29) is 22.6 Å². The van der Waals surface area contributed by atoms with Gasteiger partial charge in [-0.25, -0.2) is 13.2 Å². The number of rotatable bonds is 4. The lowest BCUT2D eigenvalue weighted by Gasteiger charge is -2.25. The number of fused-ring (bicyclic) bond motifs is 3. The Morgan fingerprint density at radius 3 is 2.62 bits per heavy atom. The number of benzene rings is 1. The van der Waals surface area contributed by atoms with Gasteiger partial charge in [-0.3, -0.25) is 9.38 Å². The normalized spacial score (nSPS) is 11.0. The standard InChI is InChI=1S/C17H12BF3N6.C2H6/c1-9-24-25-17-23-16(15-11(19)3-2-4-12(15)27(9)17)26(8-14(20)21)10-5-6-22-13(18)7-10;1-2/h2-7,14H,8H2,1H3;1-2H3. The van der Waals surface area contributed by atoms with Gasteiger partial charge in [-0.05, 0) is 36.8 Å². The molecule has 0 bridgehead atoms. The van der Waals surface area contributed by atoms with Crippen LogP contribution in [0.25, 0.3) is 16.7 Å². The minimum absolute atomic E-state index is 0.00824. The highest BCUT2D eigenvalue weighted by atomic mass is 19.3. The maximum Gasteiger partial charge on any atom is 0.257 e. The summed E-state index contributed by atoms with van der Waals surface area (Å²) in [4.78, 5) is 9.40. The zero-order chi connectivity index (χ0) is 21.1. The third-order valence-corrected chi connectivity index (χ3v) is 4.12. The second-order valence-electron chi connectivity index (χ2n) is 5.89. The molecule has 0 aliphatic carbocycles. The molecule has 0 unspecified atom stereocenters. The first-order chi connectivity index (χ1) is 14.0. The fourth-order valence-electron chi connectivity index (χ4n) is 3.03. The fourth-order valence-corrected chi connectivity index (χ4v) is 3.03. The molecule has 1 aromatic carbocycles. The molecule has 3 aromatic heterocycles. The highest BCUT2D eigenvalue weighted by Crippen LogP contribution is 2.33. The molecule has 0 aliphatic heterocycles. The number of hydrogen-bond acceptors (Lipinski definition) is 5.